The fraction of sp³-hybridized carbons (Fsp3) is 0.278. The van der Waals surface area contributed by atoms with E-state index in [-0.39, 0.29) is 5.82 Å². The summed E-state index contributed by atoms with van der Waals surface area (Å²) in [6.45, 7) is 3.16. The maximum Gasteiger partial charge on any atom is 0.441 e. The number of amides is 1. The van der Waals surface area contributed by atoms with Crippen LogP contribution in [0.4, 0.5) is 23.4 Å². The normalized spacial score (nSPS) is 13.4. The van der Waals surface area contributed by atoms with E-state index in [0.29, 0.717) is 11.3 Å². The first-order valence-electron chi connectivity index (χ1n) is 7.96. The third-order valence-corrected chi connectivity index (χ3v) is 3.75. The molecular formula is C18H17F4N3O3. The predicted octanol–water partition coefficient (Wildman–Crippen LogP) is 3.11. The highest BCUT2D eigenvalue weighted by Gasteiger charge is 2.64. The third-order valence-electron chi connectivity index (χ3n) is 3.75. The molecule has 0 spiro atoms. The fourth-order valence-electron chi connectivity index (χ4n) is 2.52. The molecule has 1 amide bonds. The highest BCUT2D eigenvalue weighted by atomic mass is 19.4. The molecule has 0 radical (unpaired) electrons. The van der Waals surface area contributed by atoms with Gasteiger partial charge in [0.1, 0.15) is 11.6 Å². The second kappa shape index (κ2) is 7.83. The van der Waals surface area contributed by atoms with Gasteiger partial charge in [-0.3, -0.25) is 4.79 Å². The number of ether oxygens (including phenoxy) is 1. The predicted molar refractivity (Wildman–Crippen MR) is 92.0 cm³/mol. The van der Waals surface area contributed by atoms with E-state index in [1.165, 1.54) is 23.5 Å². The second-order valence-electron chi connectivity index (χ2n) is 5.97. The van der Waals surface area contributed by atoms with Gasteiger partial charge in [-0.05, 0) is 43.7 Å². The average molecular weight is 399 g/mol. The van der Waals surface area contributed by atoms with Crippen molar-refractivity contribution in [3.63, 3.8) is 0 Å². The van der Waals surface area contributed by atoms with Gasteiger partial charge in [0.15, 0.2) is 0 Å². The highest BCUT2D eigenvalue weighted by Crippen LogP contribution is 2.33. The third kappa shape index (κ3) is 4.21. The molecule has 0 saturated heterocycles. The van der Waals surface area contributed by atoms with Crippen LogP contribution in [-0.2, 0) is 9.53 Å². The lowest BCUT2D eigenvalue weighted by Crippen LogP contribution is -2.69. The molecule has 1 atom stereocenters. The smallest absolute Gasteiger partial charge is 0.441 e. The number of hydrogen-bond donors (Lipinski definition) is 2. The molecule has 0 aliphatic rings. The summed E-state index contributed by atoms with van der Waals surface area (Å²) >= 11 is 0. The van der Waals surface area contributed by atoms with E-state index in [2.05, 4.69) is 9.72 Å². The number of rotatable bonds is 5. The molecule has 150 valence electrons. The van der Waals surface area contributed by atoms with E-state index in [0.717, 1.165) is 19.2 Å². The number of nitrogens with zero attached hydrogens (tertiary/aromatic N) is 1. The van der Waals surface area contributed by atoms with Gasteiger partial charge in [-0.1, -0.05) is 12.1 Å². The van der Waals surface area contributed by atoms with Crippen molar-refractivity contribution in [2.75, 3.05) is 12.4 Å². The SMILES string of the molecule is COC(=O)[C@](NC(=O)c1ccccc1F)(Nc1cc(C)cc(C)n1)C(F)(F)F. The monoisotopic (exact) mass is 399 g/mol. The van der Waals surface area contributed by atoms with Crippen molar-refractivity contribution in [1.29, 1.82) is 0 Å². The highest BCUT2D eigenvalue weighted by molar-refractivity contribution is 5.99. The summed E-state index contributed by atoms with van der Waals surface area (Å²) in [4.78, 5) is 28.4. The Hall–Kier alpha value is -3.17. The van der Waals surface area contributed by atoms with Crippen molar-refractivity contribution < 1.29 is 31.9 Å². The Morgan fingerprint density at radius 2 is 1.75 bits per heavy atom. The van der Waals surface area contributed by atoms with Gasteiger partial charge >= 0.3 is 17.8 Å². The van der Waals surface area contributed by atoms with Crippen LogP contribution in [0.1, 0.15) is 21.6 Å². The lowest BCUT2D eigenvalue weighted by molar-refractivity contribution is -0.203. The summed E-state index contributed by atoms with van der Waals surface area (Å²) in [5.74, 6) is -4.68. The van der Waals surface area contributed by atoms with Crippen molar-refractivity contribution >= 4 is 17.7 Å². The Morgan fingerprint density at radius 3 is 2.29 bits per heavy atom. The number of aryl methyl sites for hydroxylation is 2. The van der Waals surface area contributed by atoms with Gasteiger partial charge in [-0.15, -0.1) is 0 Å². The number of pyridine rings is 1. The summed E-state index contributed by atoms with van der Waals surface area (Å²) < 4.78 is 60.1. The van der Waals surface area contributed by atoms with Gasteiger partial charge in [0.25, 0.3) is 5.91 Å². The Labute approximate surface area is 157 Å². The average Bonchev–Trinajstić information content (AvgIpc) is 2.58. The molecule has 2 aromatic rings. The first-order valence-corrected chi connectivity index (χ1v) is 7.96. The molecule has 0 bridgehead atoms. The molecule has 2 rings (SSSR count). The molecule has 1 heterocycles. The minimum Gasteiger partial charge on any atom is -0.466 e. The largest absolute Gasteiger partial charge is 0.466 e. The van der Waals surface area contributed by atoms with E-state index < -0.39 is 35.1 Å². The van der Waals surface area contributed by atoms with E-state index in [1.54, 1.807) is 19.9 Å². The van der Waals surface area contributed by atoms with Crippen molar-refractivity contribution in [3.8, 4) is 0 Å². The summed E-state index contributed by atoms with van der Waals surface area (Å²) in [6, 6.07) is 7.28. The zero-order chi connectivity index (χ0) is 21.1. The van der Waals surface area contributed by atoms with Crippen LogP contribution in [0.25, 0.3) is 0 Å². The number of anilines is 1. The van der Waals surface area contributed by atoms with Gasteiger partial charge in [0.2, 0.25) is 0 Å². The van der Waals surface area contributed by atoms with Crippen LogP contribution in [0.3, 0.4) is 0 Å². The molecule has 0 unspecified atom stereocenters. The Bertz CT molecular complexity index is 882. The number of benzene rings is 1. The van der Waals surface area contributed by atoms with Crippen molar-refractivity contribution in [2.45, 2.75) is 25.7 Å². The maximum absolute atomic E-state index is 14.0. The minimum absolute atomic E-state index is 0.325. The first kappa shape index (κ1) is 21.1. The number of halogens is 4. The zero-order valence-corrected chi connectivity index (χ0v) is 15.1. The summed E-state index contributed by atoms with van der Waals surface area (Å²) in [6.07, 6.45) is -5.35. The van der Waals surface area contributed by atoms with E-state index >= 15 is 0 Å². The number of carbonyl (C=O) groups excluding carboxylic acids is 2. The molecule has 10 heteroatoms. The summed E-state index contributed by atoms with van der Waals surface area (Å²) in [5, 5.41) is 3.46. The van der Waals surface area contributed by atoms with Gasteiger partial charge in [0, 0.05) is 5.69 Å². The van der Waals surface area contributed by atoms with Crippen molar-refractivity contribution in [2.24, 2.45) is 0 Å². The van der Waals surface area contributed by atoms with Crippen LogP contribution in [0, 0.1) is 19.7 Å². The fourth-order valence-corrected chi connectivity index (χ4v) is 2.52. The van der Waals surface area contributed by atoms with Crippen LogP contribution in [0.5, 0.6) is 0 Å². The van der Waals surface area contributed by atoms with Crippen molar-refractivity contribution in [1.82, 2.24) is 10.3 Å². The molecular weight excluding hydrogens is 382 g/mol. The van der Waals surface area contributed by atoms with Gasteiger partial charge in [-0.25, -0.2) is 14.2 Å². The molecule has 0 aliphatic heterocycles. The molecule has 1 aromatic carbocycles. The first-order chi connectivity index (χ1) is 13.0. The molecule has 6 nitrogen and oxygen atoms in total. The quantitative estimate of drug-likeness (QED) is 0.459. The van der Waals surface area contributed by atoms with Gasteiger partial charge in [-0.2, -0.15) is 13.2 Å². The van der Waals surface area contributed by atoms with Gasteiger partial charge in [0.05, 0.1) is 12.7 Å². The summed E-state index contributed by atoms with van der Waals surface area (Å²) in [7, 11) is 0.731. The molecule has 0 aliphatic carbocycles. The topological polar surface area (TPSA) is 80.3 Å². The molecule has 28 heavy (non-hydrogen) atoms. The lowest BCUT2D eigenvalue weighted by Gasteiger charge is -2.34. The number of hydrogen-bond acceptors (Lipinski definition) is 5. The standard InChI is InChI=1S/C18H17F4N3O3/c1-10-8-11(2)23-14(9-10)24-17(16(27)28-3,18(20,21)22)25-15(26)12-6-4-5-7-13(12)19/h4-9H,1-3H3,(H,23,24)(H,25,26)/t17-/m1/s1. The van der Waals surface area contributed by atoms with E-state index in [1.807, 2.05) is 5.32 Å². The molecule has 2 N–H and O–H groups in total. The van der Waals surface area contributed by atoms with Crippen LogP contribution in [-0.4, -0.2) is 35.8 Å². The van der Waals surface area contributed by atoms with E-state index in [4.69, 9.17) is 0 Å². The number of carbonyl (C=O) groups is 2. The second-order valence-corrected chi connectivity index (χ2v) is 5.97. The van der Waals surface area contributed by atoms with E-state index in [9.17, 15) is 27.2 Å². The number of aromatic nitrogens is 1. The molecule has 0 fully saturated rings. The Morgan fingerprint density at radius 1 is 1.11 bits per heavy atom. The Kier molecular flexibility index (Phi) is 5.91. The number of nitrogens with one attached hydrogen (secondary N) is 2. The van der Waals surface area contributed by atoms with Crippen LogP contribution < -0.4 is 10.6 Å². The number of methoxy groups -OCH3 is 1. The minimum atomic E-state index is -5.35. The maximum atomic E-state index is 14.0. The Balaban J connectivity index is 2.56. The van der Waals surface area contributed by atoms with Crippen LogP contribution in [0.2, 0.25) is 0 Å². The molecule has 0 saturated carbocycles. The van der Waals surface area contributed by atoms with Gasteiger partial charge < -0.3 is 15.4 Å². The van der Waals surface area contributed by atoms with Crippen molar-refractivity contribution in [3.05, 3.63) is 59.0 Å². The lowest BCUT2D eigenvalue weighted by atomic mass is 10.1. The molecule has 1 aromatic heterocycles. The van der Waals surface area contributed by atoms with Crippen LogP contribution in [0.15, 0.2) is 36.4 Å². The zero-order valence-electron chi connectivity index (χ0n) is 15.1. The summed E-state index contributed by atoms with van der Waals surface area (Å²) in [5.41, 5.74) is -3.41. The van der Waals surface area contributed by atoms with Crippen LogP contribution >= 0.6 is 0 Å². The number of alkyl halides is 3. The number of esters is 1.